The van der Waals surface area contributed by atoms with Crippen LogP contribution in [0, 0.1) is 18.7 Å². The highest BCUT2D eigenvalue weighted by Crippen LogP contribution is 2.27. The van der Waals surface area contributed by atoms with Gasteiger partial charge < -0.3 is 10.4 Å². The molecule has 2 unspecified atom stereocenters. The average Bonchev–Trinajstić information content (AvgIpc) is 2.33. The Labute approximate surface area is 95.5 Å². The Balaban J connectivity index is 2.12. The van der Waals surface area contributed by atoms with Crippen molar-refractivity contribution in [2.45, 2.75) is 25.9 Å². The van der Waals surface area contributed by atoms with E-state index in [4.69, 9.17) is 0 Å². The number of nitrogens with one attached hydrogen (secondary N) is 1. The molecule has 0 aromatic heterocycles. The lowest BCUT2D eigenvalue weighted by Crippen LogP contribution is -2.33. The summed E-state index contributed by atoms with van der Waals surface area (Å²) in [5.41, 5.74) is 1.31. The number of hydrogen-bond donors (Lipinski definition) is 2. The highest BCUT2D eigenvalue weighted by atomic mass is 19.1. The van der Waals surface area contributed by atoms with Crippen LogP contribution in [-0.2, 0) is 0 Å². The van der Waals surface area contributed by atoms with Gasteiger partial charge in [-0.25, -0.2) is 4.39 Å². The number of hydrogen-bond acceptors (Lipinski definition) is 2. The minimum Gasteiger partial charge on any atom is -0.388 e. The van der Waals surface area contributed by atoms with E-state index in [1.807, 2.05) is 6.07 Å². The fraction of sp³-hybridized carbons (Fsp3) is 0.538. The van der Waals surface area contributed by atoms with Gasteiger partial charge in [-0.15, -0.1) is 0 Å². The molecular weight excluding hydrogens is 205 g/mol. The molecule has 2 N–H and O–H groups in total. The molecule has 1 aromatic rings. The largest absolute Gasteiger partial charge is 0.388 e. The summed E-state index contributed by atoms with van der Waals surface area (Å²) < 4.78 is 13.4. The second kappa shape index (κ2) is 4.93. The first-order valence-electron chi connectivity index (χ1n) is 5.83. The van der Waals surface area contributed by atoms with Gasteiger partial charge in [0.25, 0.3) is 0 Å². The molecule has 0 saturated carbocycles. The SMILES string of the molecule is Cc1ccc(C(O)C2CCCNC2)cc1F. The fourth-order valence-electron chi connectivity index (χ4n) is 2.21. The quantitative estimate of drug-likeness (QED) is 0.805. The zero-order valence-corrected chi connectivity index (χ0v) is 9.54. The Morgan fingerprint density at radius 3 is 2.94 bits per heavy atom. The summed E-state index contributed by atoms with van der Waals surface area (Å²) >= 11 is 0. The van der Waals surface area contributed by atoms with Crippen LogP contribution in [0.1, 0.15) is 30.1 Å². The van der Waals surface area contributed by atoms with Crippen molar-refractivity contribution in [1.82, 2.24) is 5.32 Å². The van der Waals surface area contributed by atoms with Crippen LogP contribution < -0.4 is 5.32 Å². The van der Waals surface area contributed by atoms with Gasteiger partial charge in [0.05, 0.1) is 6.10 Å². The third-order valence-electron chi connectivity index (χ3n) is 3.32. The van der Waals surface area contributed by atoms with E-state index in [1.165, 1.54) is 6.07 Å². The van der Waals surface area contributed by atoms with Crippen molar-refractivity contribution in [3.63, 3.8) is 0 Å². The van der Waals surface area contributed by atoms with Crippen LogP contribution in [0.15, 0.2) is 18.2 Å². The minimum atomic E-state index is -0.553. The first-order valence-corrected chi connectivity index (χ1v) is 5.83. The molecule has 2 atom stereocenters. The summed E-state index contributed by atoms with van der Waals surface area (Å²) in [6.07, 6.45) is 1.53. The second-order valence-corrected chi connectivity index (χ2v) is 4.56. The minimum absolute atomic E-state index is 0.204. The van der Waals surface area contributed by atoms with Crippen molar-refractivity contribution in [2.75, 3.05) is 13.1 Å². The third-order valence-corrected chi connectivity index (χ3v) is 3.32. The first kappa shape index (κ1) is 11.6. The molecule has 16 heavy (non-hydrogen) atoms. The summed E-state index contributed by atoms with van der Waals surface area (Å²) in [6.45, 7) is 3.57. The van der Waals surface area contributed by atoms with Crippen LogP contribution in [0.25, 0.3) is 0 Å². The van der Waals surface area contributed by atoms with Gasteiger partial charge in [0.15, 0.2) is 0 Å². The number of aryl methyl sites for hydroxylation is 1. The number of aliphatic hydroxyl groups is 1. The normalized spacial score (nSPS) is 23.1. The summed E-state index contributed by atoms with van der Waals surface area (Å²) in [4.78, 5) is 0. The Hall–Kier alpha value is -0.930. The van der Waals surface area contributed by atoms with E-state index >= 15 is 0 Å². The van der Waals surface area contributed by atoms with Gasteiger partial charge in [-0.1, -0.05) is 12.1 Å². The van der Waals surface area contributed by atoms with E-state index < -0.39 is 6.10 Å². The van der Waals surface area contributed by atoms with Crippen LogP contribution in [-0.4, -0.2) is 18.2 Å². The van der Waals surface area contributed by atoms with E-state index in [0.717, 1.165) is 25.9 Å². The van der Waals surface area contributed by atoms with E-state index in [2.05, 4.69) is 5.32 Å². The molecule has 0 amide bonds. The lowest BCUT2D eigenvalue weighted by molar-refractivity contribution is 0.0918. The summed E-state index contributed by atoms with van der Waals surface area (Å²) in [6, 6.07) is 5.00. The van der Waals surface area contributed by atoms with Gasteiger partial charge in [0, 0.05) is 12.5 Å². The van der Waals surface area contributed by atoms with Crippen LogP contribution in [0.4, 0.5) is 4.39 Å². The van der Waals surface area contributed by atoms with E-state index in [9.17, 15) is 9.50 Å². The highest BCUT2D eigenvalue weighted by Gasteiger charge is 2.23. The molecular formula is C13H18FNO. The molecule has 1 aromatic carbocycles. The monoisotopic (exact) mass is 223 g/mol. The maximum atomic E-state index is 13.4. The van der Waals surface area contributed by atoms with Gasteiger partial charge in [0.2, 0.25) is 0 Å². The average molecular weight is 223 g/mol. The molecule has 1 heterocycles. The number of aliphatic hydroxyl groups excluding tert-OH is 1. The van der Waals surface area contributed by atoms with Crippen molar-refractivity contribution in [1.29, 1.82) is 0 Å². The van der Waals surface area contributed by atoms with E-state index in [1.54, 1.807) is 13.0 Å². The van der Waals surface area contributed by atoms with Crippen LogP contribution in [0.2, 0.25) is 0 Å². The molecule has 2 rings (SSSR count). The van der Waals surface area contributed by atoms with E-state index in [-0.39, 0.29) is 11.7 Å². The highest BCUT2D eigenvalue weighted by molar-refractivity contribution is 5.25. The van der Waals surface area contributed by atoms with Crippen molar-refractivity contribution >= 4 is 0 Å². The number of halogens is 1. The van der Waals surface area contributed by atoms with Gasteiger partial charge in [-0.2, -0.15) is 0 Å². The Morgan fingerprint density at radius 1 is 1.50 bits per heavy atom. The number of benzene rings is 1. The van der Waals surface area contributed by atoms with Crippen LogP contribution in [0.3, 0.4) is 0 Å². The fourth-order valence-corrected chi connectivity index (χ4v) is 2.21. The second-order valence-electron chi connectivity index (χ2n) is 4.56. The van der Waals surface area contributed by atoms with Gasteiger partial charge in [0.1, 0.15) is 5.82 Å². The standard InChI is InChI=1S/C13H18FNO/c1-9-4-5-10(7-12(9)14)13(16)11-3-2-6-15-8-11/h4-5,7,11,13,15-16H,2-3,6,8H2,1H3. The maximum absolute atomic E-state index is 13.4. The maximum Gasteiger partial charge on any atom is 0.126 e. The zero-order chi connectivity index (χ0) is 11.5. The third kappa shape index (κ3) is 2.42. The van der Waals surface area contributed by atoms with Crippen LogP contribution >= 0.6 is 0 Å². The van der Waals surface area contributed by atoms with Crippen molar-refractivity contribution < 1.29 is 9.50 Å². The van der Waals surface area contributed by atoms with Crippen molar-refractivity contribution in [3.05, 3.63) is 35.1 Å². The molecule has 0 spiro atoms. The van der Waals surface area contributed by atoms with Gasteiger partial charge in [-0.3, -0.25) is 0 Å². The lowest BCUT2D eigenvalue weighted by Gasteiger charge is -2.27. The first-order chi connectivity index (χ1) is 7.68. The topological polar surface area (TPSA) is 32.3 Å². The van der Waals surface area contributed by atoms with E-state index in [0.29, 0.717) is 11.1 Å². The molecule has 1 saturated heterocycles. The molecule has 0 bridgehead atoms. The van der Waals surface area contributed by atoms with Crippen molar-refractivity contribution in [2.24, 2.45) is 5.92 Å². The smallest absolute Gasteiger partial charge is 0.126 e. The predicted molar refractivity (Wildman–Crippen MR) is 61.7 cm³/mol. The lowest BCUT2D eigenvalue weighted by atomic mass is 9.89. The molecule has 0 aliphatic carbocycles. The molecule has 3 heteroatoms. The predicted octanol–water partition coefficient (Wildman–Crippen LogP) is 2.17. The molecule has 88 valence electrons. The molecule has 1 aliphatic rings. The molecule has 0 radical (unpaired) electrons. The Morgan fingerprint density at radius 2 is 2.31 bits per heavy atom. The summed E-state index contributed by atoms with van der Waals surface area (Å²) in [5.74, 6) is -0.0313. The van der Waals surface area contributed by atoms with Gasteiger partial charge >= 0.3 is 0 Å². The number of piperidine rings is 1. The Bertz CT molecular complexity index is 361. The molecule has 2 nitrogen and oxygen atoms in total. The van der Waals surface area contributed by atoms with Gasteiger partial charge in [-0.05, 0) is 43.5 Å². The Kier molecular flexibility index (Phi) is 3.56. The zero-order valence-electron chi connectivity index (χ0n) is 9.54. The summed E-state index contributed by atoms with van der Waals surface area (Å²) in [5, 5.41) is 13.4. The number of rotatable bonds is 2. The summed E-state index contributed by atoms with van der Waals surface area (Å²) in [7, 11) is 0. The van der Waals surface area contributed by atoms with Crippen molar-refractivity contribution in [3.8, 4) is 0 Å². The molecule has 1 aliphatic heterocycles. The molecule has 1 fully saturated rings. The van der Waals surface area contributed by atoms with Crippen LogP contribution in [0.5, 0.6) is 0 Å².